The number of hydrogen-bond acceptors (Lipinski definition) is 4. The van der Waals surface area contributed by atoms with Crippen LogP contribution >= 0.6 is 0 Å². The Morgan fingerprint density at radius 2 is 2.50 bits per heavy atom. The van der Waals surface area contributed by atoms with E-state index in [1.165, 1.54) is 12.0 Å². The van der Waals surface area contributed by atoms with Crippen LogP contribution in [0.2, 0.25) is 0 Å². The summed E-state index contributed by atoms with van der Waals surface area (Å²) in [5.74, 6) is 0. The number of piperidine rings is 1. The van der Waals surface area contributed by atoms with E-state index in [1.54, 1.807) is 12.3 Å². The summed E-state index contributed by atoms with van der Waals surface area (Å²) in [7, 11) is 0. The van der Waals surface area contributed by atoms with E-state index in [1.807, 2.05) is 12.3 Å². The highest BCUT2D eigenvalue weighted by molar-refractivity contribution is 5.06. The van der Waals surface area contributed by atoms with Crippen molar-refractivity contribution >= 4 is 0 Å². The molecule has 0 amide bonds. The maximum atomic E-state index is 6.12. The van der Waals surface area contributed by atoms with Gasteiger partial charge < -0.3 is 13.9 Å². The number of ether oxygens (including phenoxy) is 2. The quantitative estimate of drug-likeness (QED) is 0.775. The second-order valence-corrected chi connectivity index (χ2v) is 5.89. The van der Waals surface area contributed by atoms with Crippen LogP contribution < -0.4 is 0 Å². The fraction of sp³-hybridized carbons (Fsp3) is 0.625. The molecule has 2 fully saturated rings. The van der Waals surface area contributed by atoms with Gasteiger partial charge >= 0.3 is 0 Å². The Labute approximate surface area is 120 Å². The smallest absolute Gasteiger partial charge is 0.0947 e. The minimum Gasteiger partial charge on any atom is -0.472 e. The summed E-state index contributed by atoms with van der Waals surface area (Å²) in [5.41, 5.74) is 1.23. The Hall–Kier alpha value is -1.10. The fourth-order valence-corrected chi connectivity index (χ4v) is 3.36. The number of rotatable bonds is 5. The van der Waals surface area contributed by atoms with Crippen molar-refractivity contribution in [3.8, 4) is 0 Å². The molecule has 20 heavy (non-hydrogen) atoms. The van der Waals surface area contributed by atoms with E-state index in [4.69, 9.17) is 13.9 Å². The Bertz CT molecular complexity index is 431. The number of furan rings is 1. The molecule has 4 heteroatoms. The minimum absolute atomic E-state index is 0.00613. The topological polar surface area (TPSA) is 34.8 Å². The molecule has 0 bridgehead atoms. The summed E-state index contributed by atoms with van der Waals surface area (Å²) in [4.78, 5) is 2.46. The zero-order valence-corrected chi connectivity index (χ0v) is 11.9. The van der Waals surface area contributed by atoms with Crippen LogP contribution in [0, 0.1) is 0 Å². The number of likely N-dealkylation sites (tertiary alicyclic amines) is 1. The number of nitrogens with zero attached hydrogens (tertiary/aromatic N) is 1. The van der Waals surface area contributed by atoms with Gasteiger partial charge in [-0.2, -0.15) is 0 Å². The van der Waals surface area contributed by atoms with Crippen LogP contribution in [0.4, 0.5) is 0 Å². The lowest BCUT2D eigenvalue weighted by molar-refractivity contribution is -0.0544. The van der Waals surface area contributed by atoms with E-state index >= 15 is 0 Å². The van der Waals surface area contributed by atoms with Crippen molar-refractivity contribution in [1.82, 2.24) is 4.90 Å². The van der Waals surface area contributed by atoms with Crippen LogP contribution in [0.25, 0.3) is 0 Å². The molecule has 2 aliphatic rings. The van der Waals surface area contributed by atoms with Crippen molar-refractivity contribution in [3.63, 3.8) is 0 Å². The van der Waals surface area contributed by atoms with Gasteiger partial charge in [0.2, 0.25) is 0 Å². The molecule has 2 aliphatic heterocycles. The summed E-state index contributed by atoms with van der Waals surface area (Å²) in [6.45, 7) is 8.10. The molecular weight excluding hydrogens is 254 g/mol. The van der Waals surface area contributed by atoms with Crippen LogP contribution in [-0.4, -0.2) is 42.9 Å². The van der Waals surface area contributed by atoms with Gasteiger partial charge in [0, 0.05) is 25.1 Å². The van der Waals surface area contributed by atoms with Gasteiger partial charge in [-0.1, -0.05) is 6.08 Å². The Morgan fingerprint density at radius 1 is 1.55 bits per heavy atom. The number of hydrogen-bond donors (Lipinski definition) is 0. The second kappa shape index (κ2) is 6.12. The van der Waals surface area contributed by atoms with Crippen molar-refractivity contribution in [3.05, 3.63) is 36.8 Å². The lowest BCUT2D eigenvalue weighted by Crippen LogP contribution is -2.47. The third-order valence-corrected chi connectivity index (χ3v) is 4.23. The molecule has 0 N–H and O–H groups in total. The summed E-state index contributed by atoms with van der Waals surface area (Å²) in [6.07, 6.45) is 8.92. The first-order chi connectivity index (χ1) is 9.80. The molecule has 2 saturated heterocycles. The average Bonchev–Trinajstić information content (AvgIpc) is 3.07. The molecule has 0 radical (unpaired) electrons. The summed E-state index contributed by atoms with van der Waals surface area (Å²) in [6, 6.07) is 2.03. The standard InChI is InChI=1S/C16H23NO3/c1-2-7-19-15-9-16(20-12-15)5-3-6-17(13-16)10-14-4-8-18-11-14/h2,4,8,11,15H,1,3,5-7,9-10,12-13H2/t15-,16+/m1/s1. The molecule has 1 spiro atoms. The summed E-state index contributed by atoms with van der Waals surface area (Å²) in [5, 5.41) is 0. The predicted octanol–water partition coefficient (Wildman–Crippen LogP) is 2.61. The molecule has 0 unspecified atom stereocenters. The third-order valence-electron chi connectivity index (χ3n) is 4.23. The Balaban J connectivity index is 1.56. The fourth-order valence-electron chi connectivity index (χ4n) is 3.36. The van der Waals surface area contributed by atoms with Gasteiger partial charge in [-0.15, -0.1) is 6.58 Å². The highest BCUT2D eigenvalue weighted by Gasteiger charge is 2.43. The van der Waals surface area contributed by atoms with Crippen molar-refractivity contribution in [2.75, 3.05) is 26.3 Å². The molecule has 1 aromatic rings. The predicted molar refractivity (Wildman–Crippen MR) is 76.5 cm³/mol. The molecule has 0 saturated carbocycles. The van der Waals surface area contributed by atoms with Gasteiger partial charge in [-0.25, -0.2) is 0 Å². The van der Waals surface area contributed by atoms with Crippen LogP contribution in [0.5, 0.6) is 0 Å². The molecular formula is C16H23NO3. The molecule has 1 aromatic heterocycles. The molecule has 3 heterocycles. The SMILES string of the molecule is C=CCO[C@H]1CO[C@@]2(CCCN(Cc3ccoc3)C2)C1. The zero-order valence-electron chi connectivity index (χ0n) is 11.9. The van der Waals surface area contributed by atoms with Crippen molar-refractivity contribution < 1.29 is 13.9 Å². The maximum Gasteiger partial charge on any atom is 0.0947 e. The first kappa shape index (κ1) is 13.9. The highest BCUT2D eigenvalue weighted by atomic mass is 16.6. The molecule has 0 aromatic carbocycles. The highest BCUT2D eigenvalue weighted by Crippen LogP contribution is 2.36. The summed E-state index contributed by atoms with van der Waals surface area (Å²) < 4.78 is 17.0. The van der Waals surface area contributed by atoms with E-state index < -0.39 is 0 Å². The molecule has 3 rings (SSSR count). The van der Waals surface area contributed by atoms with Crippen molar-refractivity contribution in [2.45, 2.75) is 37.5 Å². The van der Waals surface area contributed by atoms with E-state index in [9.17, 15) is 0 Å². The minimum atomic E-state index is -0.00613. The van der Waals surface area contributed by atoms with Crippen molar-refractivity contribution in [2.24, 2.45) is 0 Å². The lowest BCUT2D eigenvalue weighted by atomic mass is 9.89. The maximum absolute atomic E-state index is 6.12. The van der Waals surface area contributed by atoms with Crippen LogP contribution in [-0.2, 0) is 16.0 Å². The van der Waals surface area contributed by atoms with E-state index in [2.05, 4.69) is 11.5 Å². The largest absolute Gasteiger partial charge is 0.472 e. The van der Waals surface area contributed by atoms with Crippen LogP contribution in [0.1, 0.15) is 24.8 Å². The molecule has 110 valence electrons. The van der Waals surface area contributed by atoms with Gasteiger partial charge in [0.15, 0.2) is 0 Å². The molecule has 4 nitrogen and oxygen atoms in total. The first-order valence-corrected chi connectivity index (χ1v) is 7.40. The van der Waals surface area contributed by atoms with Crippen LogP contribution in [0.15, 0.2) is 35.7 Å². The van der Waals surface area contributed by atoms with Crippen LogP contribution in [0.3, 0.4) is 0 Å². The third kappa shape index (κ3) is 3.14. The first-order valence-electron chi connectivity index (χ1n) is 7.40. The average molecular weight is 277 g/mol. The van der Waals surface area contributed by atoms with E-state index in [0.717, 1.165) is 32.5 Å². The Morgan fingerprint density at radius 3 is 3.30 bits per heavy atom. The van der Waals surface area contributed by atoms with Crippen molar-refractivity contribution in [1.29, 1.82) is 0 Å². The lowest BCUT2D eigenvalue weighted by Gasteiger charge is -2.39. The van der Waals surface area contributed by atoms with Gasteiger partial charge in [0.25, 0.3) is 0 Å². The molecule has 0 aliphatic carbocycles. The van der Waals surface area contributed by atoms with E-state index in [0.29, 0.717) is 13.2 Å². The normalized spacial score (nSPS) is 30.9. The van der Waals surface area contributed by atoms with Gasteiger partial charge in [0.1, 0.15) is 0 Å². The second-order valence-electron chi connectivity index (χ2n) is 5.89. The van der Waals surface area contributed by atoms with Gasteiger partial charge in [-0.05, 0) is 25.5 Å². The van der Waals surface area contributed by atoms with Gasteiger partial charge in [0.05, 0.1) is 37.4 Å². The zero-order chi connectivity index (χ0) is 13.8. The molecule has 2 atom stereocenters. The van der Waals surface area contributed by atoms with E-state index in [-0.39, 0.29) is 11.7 Å². The summed E-state index contributed by atoms with van der Waals surface area (Å²) >= 11 is 0. The Kier molecular flexibility index (Phi) is 4.24. The van der Waals surface area contributed by atoms with Gasteiger partial charge in [-0.3, -0.25) is 4.90 Å². The monoisotopic (exact) mass is 277 g/mol.